The van der Waals surface area contributed by atoms with Gasteiger partial charge in [-0.3, -0.25) is 4.79 Å². The highest BCUT2D eigenvalue weighted by Gasteiger charge is 2.16. The van der Waals surface area contributed by atoms with Crippen molar-refractivity contribution in [2.75, 3.05) is 14.1 Å². The van der Waals surface area contributed by atoms with E-state index in [4.69, 9.17) is 0 Å². The number of hydrogen-bond donors (Lipinski definition) is 1. The standard InChI is InChI=1S/C17H17N3O3S2/c1-18-25(22,23)13-9-7-12(8-10-13)17(21)20(2)11-16-19-14-5-3-4-6-15(14)24-16/h3-10,18H,11H2,1-2H3. The van der Waals surface area contributed by atoms with E-state index in [0.29, 0.717) is 12.1 Å². The lowest BCUT2D eigenvalue weighted by atomic mass is 10.2. The van der Waals surface area contributed by atoms with Gasteiger partial charge < -0.3 is 4.90 Å². The maximum atomic E-state index is 12.5. The average molecular weight is 375 g/mol. The Morgan fingerprint density at radius 1 is 1.16 bits per heavy atom. The Morgan fingerprint density at radius 2 is 1.84 bits per heavy atom. The average Bonchev–Trinajstić information content (AvgIpc) is 3.03. The summed E-state index contributed by atoms with van der Waals surface area (Å²) in [4.78, 5) is 18.7. The molecule has 3 aromatic rings. The Hall–Kier alpha value is -2.29. The van der Waals surface area contributed by atoms with Gasteiger partial charge in [0.2, 0.25) is 10.0 Å². The van der Waals surface area contributed by atoms with Crippen LogP contribution >= 0.6 is 11.3 Å². The molecular formula is C17H17N3O3S2. The van der Waals surface area contributed by atoms with Gasteiger partial charge >= 0.3 is 0 Å². The van der Waals surface area contributed by atoms with Crippen LogP contribution in [0, 0.1) is 0 Å². The van der Waals surface area contributed by atoms with Crippen LogP contribution in [0.15, 0.2) is 53.4 Å². The molecule has 1 amide bonds. The highest BCUT2D eigenvalue weighted by atomic mass is 32.2. The van der Waals surface area contributed by atoms with E-state index in [1.807, 2.05) is 24.3 Å². The van der Waals surface area contributed by atoms with E-state index in [2.05, 4.69) is 9.71 Å². The van der Waals surface area contributed by atoms with Gasteiger partial charge in [0, 0.05) is 12.6 Å². The molecule has 25 heavy (non-hydrogen) atoms. The summed E-state index contributed by atoms with van der Waals surface area (Å²) in [7, 11) is -0.459. The van der Waals surface area contributed by atoms with E-state index >= 15 is 0 Å². The normalized spacial score (nSPS) is 11.6. The number of carbonyl (C=O) groups is 1. The molecule has 0 unspecified atom stereocenters. The minimum Gasteiger partial charge on any atom is -0.335 e. The van der Waals surface area contributed by atoms with E-state index in [-0.39, 0.29) is 10.8 Å². The quantitative estimate of drug-likeness (QED) is 0.743. The van der Waals surface area contributed by atoms with Crippen LogP contribution in [0.2, 0.25) is 0 Å². The van der Waals surface area contributed by atoms with Crippen LogP contribution in [0.5, 0.6) is 0 Å². The molecule has 0 bridgehead atoms. The molecule has 0 saturated carbocycles. The molecule has 0 radical (unpaired) electrons. The fraction of sp³-hybridized carbons (Fsp3) is 0.176. The zero-order valence-electron chi connectivity index (χ0n) is 13.8. The lowest BCUT2D eigenvalue weighted by molar-refractivity contribution is 0.0785. The highest BCUT2D eigenvalue weighted by Crippen LogP contribution is 2.23. The van der Waals surface area contributed by atoms with Crippen LogP contribution in [0.4, 0.5) is 0 Å². The summed E-state index contributed by atoms with van der Waals surface area (Å²) >= 11 is 1.55. The molecule has 0 aliphatic heterocycles. The summed E-state index contributed by atoms with van der Waals surface area (Å²) in [5.41, 5.74) is 1.35. The number of nitrogens with zero attached hydrogens (tertiary/aromatic N) is 2. The van der Waals surface area contributed by atoms with Gasteiger partial charge in [0.15, 0.2) is 0 Å². The molecule has 2 aromatic carbocycles. The van der Waals surface area contributed by atoms with Crippen LogP contribution in [-0.4, -0.2) is 38.3 Å². The van der Waals surface area contributed by atoms with Gasteiger partial charge in [0.25, 0.3) is 5.91 Å². The van der Waals surface area contributed by atoms with Crippen molar-refractivity contribution in [2.45, 2.75) is 11.4 Å². The van der Waals surface area contributed by atoms with Crippen LogP contribution in [0.1, 0.15) is 15.4 Å². The lowest BCUT2D eigenvalue weighted by Crippen LogP contribution is -2.26. The second-order valence-corrected chi connectivity index (χ2v) is 8.47. The fourth-order valence-corrected chi connectivity index (χ4v) is 4.13. The van der Waals surface area contributed by atoms with Gasteiger partial charge in [0.05, 0.1) is 21.7 Å². The number of thiazole rings is 1. The Balaban J connectivity index is 1.75. The van der Waals surface area contributed by atoms with Crippen molar-refractivity contribution in [3.8, 4) is 0 Å². The number of aromatic nitrogens is 1. The van der Waals surface area contributed by atoms with Crippen LogP contribution in [0.25, 0.3) is 10.2 Å². The van der Waals surface area contributed by atoms with E-state index in [1.54, 1.807) is 23.3 Å². The van der Waals surface area contributed by atoms with Crippen molar-refractivity contribution < 1.29 is 13.2 Å². The van der Waals surface area contributed by atoms with Crippen molar-refractivity contribution in [1.82, 2.24) is 14.6 Å². The third-order valence-corrected chi connectivity index (χ3v) is 6.19. The van der Waals surface area contributed by atoms with Crippen molar-refractivity contribution in [1.29, 1.82) is 0 Å². The number of rotatable bonds is 5. The van der Waals surface area contributed by atoms with E-state index in [9.17, 15) is 13.2 Å². The summed E-state index contributed by atoms with van der Waals surface area (Å²) in [6, 6.07) is 13.7. The number of hydrogen-bond acceptors (Lipinski definition) is 5. The molecule has 6 nitrogen and oxygen atoms in total. The number of benzene rings is 2. The molecule has 1 aromatic heterocycles. The molecule has 130 valence electrons. The van der Waals surface area contributed by atoms with E-state index in [1.165, 1.54) is 31.3 Å². The predicted octanol–water partition coefficient (Wildman–Crippen LogP) is 2.48. The van der Waals surface area contributed by atoms with Gasteiger partial charge in [-0.05, 0) is 43.4 Å². The number of fused-ring (bicyclic) bond motifs is 1. The Bertz CT molecular complexity index is 978. The third kappa shape index (κ3) is 3.71. The first-order valence-electron chi connectivity index (χ1n) is 7.54. The van der Waals surface area contributed by atoms with Gasteiger partial charge in [-0.15, -0.1) is 11.3 Å². The highest BCUT2D eigenvalue weighted by molar-refractivity contribution is 7.89. The summed E-state index contributed by atoms with van der Waals surface area (Å²) in [6.45, 7) is 0.398. The van der Waals surface area contributed by atoms with Gasteiger partial charge in [-0.2, -0.15) is 0 Å². The second kappa shape index (κ2) is 6.91. The predicted molar refractivity (Wildman–Crippen MR) is 98.1 cm³/mol. The summed E-state index contributed by atoms with van der Waals surface area (Å²) in [5.74, 6) is -0.187. The number of nitrogens with one attached hydrogen (secondary N) is 1. The zero-order valence-corrected chi connectivity index (χ0v) is 15.4. The van der Waals surface area contributed by atoms with Crippen molar-refractivity contribution in [2.24, 2.45) is 0 Å². The molecule has 0 aliphatic carbocycles. The van der Waals surface area contributed by atoms with Crippen LogP contribution < -0.4 is 4.72 Å². The van der Waals surface area contributed by atoms with E-state index < -0.39 is 10.0 Å². The first-order chi connectivity index (χ1) is 11.9. The number of sulfonamides is 1. The number of carbonyl (C=O) groups excluding carboxylic acids is 1. The lowest BCUT2D eigenvalue weighted by Gasteiger charge is -2.15. The fourth-order valence-electron chi connectivity index (χ4n) is 2.38. The zero-order chi connectivity index (χ0) is 18.0. The van der Waals surface area contributed by atoms with Crippen molar-refractivity contribution in [3.05, 3.63) is 59.1 Å². The number of amides is 1. The minimum absolute atomic E-state index is 0.125. The SMILES string of the molecule is CNS(=O)(=O)c1ccc(C(=O)N(C)Cc2nc3ccccc3s2)cc1. The Morgan fingerprint density at radius 3 is 2.48 bits per heavy atom. The largest absolute Gasteiger partial charge is 0.335 e. The summed E-state index contributed by atoms with van der Waals surface area (Å²) in [5, 5.41) is 0.853. The molecule has 0 atom stereocenters. The van der Waals surface area contributed by atoms with Crippen molar-refractivity contribution >= 4 is 37.5 Å². The first kappa shape index (κ1) is 17.5. The minimum atomic E-state index is -3.51. The van der Waals surface area contributed by atoms with E-state index in [0.717, 1.165) is 15.2 Å². The molecule has 3 rings (SSSR count). The maximum absolute atomic E-state index is 12.5. The molecule has 0 fully saturated rings. The third-order valence-electron chi connectivity index (χ3n) is 3.74. The molecule has 0 aliphatic rings. The molecule has 0 saturated heterocycles. The second-order valence-electron chi connectivity index (χ2n) is 5.47. The van der Waals surface area contributed by atoms with Gasteiger partial charge in [-0.25, -0.2) is 18.1 Å². The summed E-state index contributed by atoms with van der Waals surface area (Å²) < 4.78 is 26.8. The van der Waals surface area contributed by atoms with Crippen LogP contribution in [-0.2, 0) is 16.6 Å². The summed E-state index contributed by atoms with van der Waals surface area (Å²) in [6.07, 6.45) is 0. The Labute approximate surface area is 150 Å². The van der Waals surface area contributed by atoms with Gasteiger partial charge in [-0.1, -0.05) is 12.1 Å². The monoisotopic (exact) mass is 375 g/mol. The molecular weight excluding hydrogens is 358 g/mol. The van der Waals surface area contributed by atoms with Crippen LogP contribution in [0.3, 0.4) is 0 Å². The maximum Gasteiger partial charge on any atom is 0.253 e. The molecule has 0 spiro atoms. The molecule has 1 heterocycles. The Kier molecular flexibility index (Phi) is 4.85. The molecule has 1 N–H and O–H groups in total. The number of para-hydroxylation sites is 1. The molecule has 8 heteroatoms. The smallest absolute Gasteiger partial charge is 0.253 e. The topological polar surface area (TPSA) is 79.4 Å². The first-order valence-corrected chi connectivity index (χ1v) is 9.84. The van der Waals surface area contributed by atoms with Crippen molar-refractivity contribution in [3.63, 3.8) is 0 Å². The van der Waals surface area contributed by atoms with Gasteiger partial charge in [0.1, 0.15) is 5.01 Å².